The molecule has 1 aromatic carbocycles. The van der Waals surface area contributed by atoms with Crippen molar-refractivity contribution in [1.82, 2.24) is 15.6 Å². The second-order valence-electron chi connectivity index (χ2n) is 8.60. The normalized spacial score (nSPS) is 19.9. The van der Waals surface area contributed by atoms with Gasteiger partial charge in [-0.3, -0.25) is 9.59 Å². The van der Waals surface area contributed by atoms with Crippen molar-refractivity contribution in [3.63, 3.8) is 0 Å². The summed E-state index contributed by atoms with van der Waals surface area (Å²) in [5, 5.41) is 10.0. The van der Waals surface area contributed by atoms with Gasteiger partial charge in [0.2, 0.25) is 5.91 Å². The zero-order chi connectivity index (χ0) is 22.7. The second-order valence-corrected chi connectivity index (χ2v) is 10.2. The molecule has 0 bridgehead atoms. The van der Waals surface area contributed by atoms with Crippen molar-refractivity contribution < 1.29 is 9.59 Å². The van der Waals surface area contributed by atoms with Crippen molar-refractivity contribution in [1.29, 1.82) is 0 Å². The highest BCUT2D eigenvalue weighted by atomic mass is 32.2. The molecule has 0 fully saturated rings. The average Bonchev–Trinajstić information content (AvgIpc) is 3.11. The molecule has 168 valence electrons. The number of benzene rings is 1. The first kappa shape index (κ1) is 22.3. The van der Waals surface area contributed by atoms with Gasteiger partial charge in [-0.2, -0.15) is 11.8 Å². The van der Waals surface area contributed by atoms with Crippen LogP contribution >= 0.6 is 11.8 Å². The summed E-state index contributed by atoms with van der Waals surface area (Å²) < 4.78 is 0. The molecular weight excluding hydrogens is 420 g/mol. The Hall–Kier alpha value is -2.93. The molecular formula is C25H30N4O2S. The number of aromatic amines is 1. The van der Waals surface area contributed by atoms with Crippen LogP contribution in [0.1, 0.15) is 48.9 Å². The van der Waals surface area contributed by atoms with Crippen LogP contribution < -0.4 is 16.0 Å². The number of ketones is 1. The Kier molecular flexibility index (Phi) is 6.74. The summed E-state index contributed by atoms with van der Waals surface area (Å²) in [5.74, 6) is 1.39. The lowest BCUT2D eigenvalue weighted by molar-refractivity contribution is -0.119. The number of anilines is 2. The third-order valence-corrected chi connectivity index (χ3v) is 6.89. The number of carbonyl (C=O) groups is 2. The van der Waals surface area contributed by atoms with Crippen LogP contribution in [-0.4, -0.2) is 33.8 Å². The molecule has 1 aliphatic heterocycles. The quantitative estimate of drug-likeness (QED) is 0.495. The molecule has 1 aromatic heterocycles. The van der Waals surface area contributed by atoms with E-state index in [9.17, 15) is 9.59 Å². The van der Waals surface area contributed by atoms with Gasteiger partial charge in [0.1, 0.15) is 6.17 Å². The number of thioether (sulfide) groups is 1. The first-order valence-electron chi connectivity index (χ1n) is 11.0. The van der Waals surface area contributed by atoms with Gasteiger partial charge in [-0.15, -0.1) is 0 Å². The Morgan fingerprint density at radius 1 is 1.22 bits per heavy atom. The number of fused-ring (bicyclic) bond motifs is 1. The number of dihydropyridines is 1. The monoisotopic (exact) mass is 450 g/mol. The van der Waals surface area contributed by atoms with E-state index in [-0.39, 0.29) is 17.9 Å². The molecule has 2 unspecified atom stereocenters. The van der Waals surface area contributed by atoms with Crippen LogP contribution in [0.25, 0.3) is 5.57 Å². The van der Waals surface area contributed by atoms with Crippen molar-refractivity contribution in [2.45, 2.75) is 45.0 Å². The van der Waals surface area contributed by atoms with Gasteiger partial charge in [0.15, 0.2) is 5.78 Å². The van der Waals surface area contributed by atoms with Gasteiger partial charge < -0.3 is 20.9 Å². The molecule has 0 radical (unpaired) electrons. The molecule has 2 heterocycles. The number of H-pyrrole nitrogens is 1. The molecule has 0 saturated carbocycles. The smallest absolute Gasteiger partial charge is 0.218 e. The fraction of sp³-hybridized carbons (Fsp3) is 0.360. The van der Waals surface area contributed by atoms with Crippen LogP contribution in [0.4, 0.5) is 11.4 Å². The minimum absolute atomic E-state index is 0.109. The Labute approximate surface area is 193 Å². The minimum Gasteiger partial charge on any atom is -0.368 e. The Bertz CT molecular complexity index is 1060. The maximum absolute atomic E-state index is 13.3. The van der Waals surface area contributed by atoms with Gasteiger partial charge >= 0.3 is 0 Å². The molecule has 1 amide bonds. The lowest BCUT2D eigenvalue weighted by Crippen LogP contribution is -2.41. The summed E-state index contributed by atoms with van der Waals surface area (Å²) in [4.78, 5) is 28.4. The first-order chi connectivity index (χ1) is 15.4. The summed E-state index contributed by atoms with van der Waals surface area (Å²) in [6, 6.07) is 9.89. The zero-order valence-corrected chi connectivity index (χ0v) is 19.5. The van der Waals surface area contributed by atoms with Crippen molar-refractivity contribution in [2.24, 2.45) is 5.92 Å². The standard InChI is InChI=1S/C25H30N4O2S/c1-15(2)32-14-17-11-20-23(21(31)12-17)25(28-19-7-5-4-6-8-19)24(29-20)18-9-10-26-22(13-18)27-16(3)30/h4-10,13,15,17,22,26,28-29H,11-12,14H2,1-3H3,(H,27,30). The summed E-state index contributed by atoms with van der Waals surface area (Å²) in [5.41, 5.74) is 5.29. The van der Waals surface area contributed by atoms with Crippen molar-refractivity contribution in [2.75, 3.05) is 11.1 Å². The maximum Gasteiger partial charge on any atom is 0.218 e. The topological polar surface area (TPSA) is 86.0 Å². The molecule has 1 aliphatic carbocycles. The molecule has 4 N–H and O–H groups in total. The van der Waals surface area contributed by atoms with E-state index >= 15 is 0 Å². The zero-order valence-electron chi connectivity index (χ0n) is 18.7. The van der Waals surface area contributed by atoms with Gasteiger partial charge in [0.05, 0.1) is 16.9 Å². The van der Waals surface area contributed by atoms with E-state index in [1.54, 1.807) is 0 Å². The molecule has 32 heavy (non-hydrogen) atoms. The van der Waals surface area contributed by atoms with Crippen LogP contribution in [0, 0.1) is 5.92 Å². The van der Waals surface area contributed by atoms with E-state index in [1.807, 2.05) is 60.4 Å². The largest absolute Gasteiger partial charge is 0.368 e. The van der Waals surface area contributed by atoms with Crippen molar-refractivity contribution in [3.8, 4) is 0 Å². The van der Waals surface area contributed by atoms with E-state index in [4.69, 9.17) is 0 Å². The van der Waals surface area contributed by atoms with Gasteiger partial charge in [-0.1, -0.05) is 32.0 Å². The lowest BCUT2D eigenvalue weighted by atomic mass is 9.87. The van der Waals surface area contributed by atoms with Gasteiger partial charge in [-0.05, 0) is 53.8 Å². The molecule has 2 aliphatic rings. The first-order valence-corrected chi connectivity index (χ1v) is 12.1. The third-order valence-electron chi connectivity index (χ3n) is 5.56. The van der Waals surface area contributed by atoms with Gasteiger partial charge in [0, 0.05) is 30.3 Å². The molecule has 2 aromatic rings. The van der Waals surface area contributed by atoms with Crippen LogP contribution in [0.5, 0.6) is 0 Å². The van der Waals surface area contributed by atoms with E-state index in [0.717, 1.165) is 46.1 Å². The highest BCUT2D eigenvalue weighted by molar-refractivity contribution is 7.99. The number of hydrogen-bond acceptors (Lipinski definition) is 5. The van der Waals surface area contributed by atoms with Gasteiger partial charge in [0.25, 0.3) is 0 Å². The van der Waals surface area contributed by atoms with E-state index in [2.05, 4.69) is 34.8 Å². The highest BCUT2D eigenvalue weighted by Gasteiger charge is 2.32. The number of hydrogen-bond donors (Lipinski definition) is 4. The van der Waals surface area contributed by atoms with Crippen LogP contribution in [0.3, 0.4) is 0 Å². The molecule has 6 nitrogen and oxygen atoms in total. The lowest BCUT2D eigenvalue weighted by Gasteiger charge is -2.22. The van der Waals surface area contributed by atoms with Crippen LogP contribution in [0.2, 0.25) is 0 Å². The van der Waals surface area contributed by atoms with E-state index in [0.29, 0.717) is 17.6 Å². The average molecular weight is 451 g/mol. The number of rotatable bonds is 7. The predicted molar refractivity (Wildman–Crippen MR) is 132 cm³/mol. The molecule has 0 saturated heterocycles. The maximum atomic E-state index is 13.3. The fourth-order valence-electron chi connectivity index (χ4n) is 4.19. The number of carbonyl (C=O) groups excluding carboxylic acids is 2. The van der Waals surface area contributed by atoms with Crippen LogP contribution in [-0.2, 0) is 11.2 Å². The number of amides is 1. The number of aromatic nitrogens is 1. The van der Waals surface area contributed by atoms with E-state index < -0.39 is 0 Å². The van der Waals surface area contributed by atoms with Gasteiger partial charge in [-0.25, -0.2) is 0 Å². The van der Waals surface area contributed by atoms with Crippen molar-refractivity contribution >= 4 is 40.4 Å². The van der Waals surface area contributed by atoms with Crippen LogP contribution in [0.15, 0.2) is 48.7 Å². The second kappa shape index (κ2) is 9.69. The molecule has 7 heteroatoms. The fourth-order valence-corrected chi connectivity index (χ4v) is 5.08. The summed E-state index contributed by atoms with van der Waals surface area (Å²) >= 11 is 1.91. The third kappa shape index (κ3) is 5.10. The Morgan fingerprint density at radius 3 is 2.72 bits per heavy atom. The number of para-hydroxylation sites is 1. The van der Waals surface area contributed by atoms with Crippen molar-refractivity contribution in [3.05, 3.63) is 65.6 Å². The Balaban J connectivity index is 1.72. The summed E-state index contributed by atoms with van der Waals surface area (Å²) in [6.07, 6.45) is 6.87. The Morgan fingerprint density at radius 2 is 2.00 bits per heavy atom. The number of nitrogens with one attached hydrogen (secondary N) is 4. The molecule has 2 atom stereocenters. The number of allylic oxidation sites excluding steroid dienone is 2. The summed E-state index contributed by atoms with van der Waals surface area (Å²) in [7, 11) is 0. The molecule has 4 rings (SSSR count). The molecule has 0 spiro atoms. The van der Waals surface area contributed by atoms with E-state index in [1.165, 1.54) is 6.92 Å². The summed E-state index contributed by atoms with van der Waals surface area (Å²) in [6.45, 7) is 5.88. The highest BCUT2D eigenvalue weighted by Crippen LogP contribution is 2.39. The number of Topliss-reactive ketones (excluding diaryl/α,β-unsaturated/α-hetero) is 1. The SMILES string of the molecule is CC(=O)NC1C=C(c2[nH]c3c(c2Nc2ccccc2)C(=O)CC(CSC(C)C)C3)C=CN1. The minimum atomic E-state index is -0.303. The predicted octanol–water partition coefficient (Wildman–Crippen LogP) is 4.61.